The smallest absolute Gasteiger partial charge is 0.335 e. The largest absolute Gasteiger partial charge is 0.478 e. The first-order valence-corrected chi connectivity index (χ1v) is 6.41. The number of ether oxygens (including phenoxy) is 1. The number of carbonyl (C=O) groups is 1. The van der Waals surface area contributed by atoms with Gasteiger partial charge in [0.1, 0.15) is 5.75 Å². The first kappa shape index (κ1) is 14.3. The Labute approximate surface area is 122 Å². The number of halogens is 1. The normalized spacial score (nSPS) is 10.4. The Morgan fingerprint density at radius 1 is 1.15 bits per heavy atom. The second kappa shape index (κ2) is 5.51. The Morgan fingerprint density at radius 3 is 2.30 bits per heavy atom. The lowest BCUT2D eigenvalue weighted by atomic mass is 10.1. The van der Waals surface area contributed by atoms with Crippen molar-refractivity contribution in [1.29, 1.82) is 0 Å². The molecule has 0 amide bonds. The molecule has 104 valence electrons. The number of carboxylic acids is 1. The van der Waals surface area contributed by atoms with Gasteiger partial charge in [-0.25, -0.2) is 9.78 Å². The number of aryl methyl sites for hydroxylation is 3. The van der Waals surface area contributed by atoms with E-state index in [1.54, 1.807) is 19.1 Å². The molecule has 0 aliphatic heterocycles. The number of nitrogens with zero attached hydrogens (tertiary/aromatic N) is 1. The molecular weight excluding hydrogens is 278 g/mol. The average Bonchev–Trinajstić information content (AvgIpc) is 2.35. The van der Waals surface area contributed by atoms with Gasteiger partial charge in [-0.2, -0.15) is 0 Å². The highest BCUT2D eigenvalue weighted by atomic mass is 35.5. The number of benzene rings is 1. The van der Waals surface area contributed by atoms with Gasteiger partial charge in [-0.3, -0.25) is 0 Å². The third-order valence-corrected chi connectivity index (χ3v) is 3.41. The van der Waals surface area contributed by atoms with Gasteiger partial charge < -0.3 is 9.84 Å². The van der Waals surface area contributed by atoms with Gasteiger partial charge in [0.15, 0.2) is 0 Å². The van der Waals surface area contributed by atoms with Gasteiger partial charge in [-0.1, -0.05) is 11.6 Å². The number of rotatable bonds is 3. The van der Waals surface area contributed by atoms with E-state index in [0.717, 1.165) is 11.1 Å². The number of aromatic nitrogens is 1. The maximum absolute atomic E-state index is 11.0. The first-order chi connectivity index (χ1) is 9.36. The van der Waals surface area contributed by atoms with Crippen LogP contribution in [0.1, 0.15) is 27.2 Å². The van der Waals surface area contributed by atoms with E-state index in [1.807, 2.05) is 13.8 Å². The van der Waals surface area contributed by atoms with Crippen molar-refractivity contribution >= 4 is 17.6 Å². The topological polar surface area (TPSA) is 59.4 Å². The summed E-state index contributed by atoms with van der Waals surface area (Å²) in [6.07, 6.45) is 0. The van der Waals surface area contributed by atoms with Gasteiger partial charge >= 0.3 is 5.97 Å². The van der Waals surface area contributed by atoms with E-state index in [1.165, 1.54) is 12.1 Å². The van der Waals surface area contributed by atoms with Crippen LogP contribution in [-0.4, -0.2) is 16.1 Å². The van der Waals surface area contributed by atoms with E-state index in [2.05, 4.69) is 4.98 Å². The summed E-state index contributed by atoms with van der Waals surface area (Å²) in [7, 11) is 0. The van der Waals surface area contributed by atoms with Gasteiger partial charge in [-0.05, 0) is 50.1 Å². The first-order valence-electron chi connectivity index (χ1n) is 6.03. The van der Waals surface area contributed by atoms with Crippen LogP contribution in [0.5, 0.6) is 11.6 Å². The van der Waals surface area contributed by atoms with E-state index >= 15 is 0 Å². The zero-order chi connectivity index (χ0) is 14.9. The van der Waals surface area contributed by atoms with Crippen LogP contribution < -0.4 is 4.74 Å². The number of hydrogen-bond donors (Lipinski definition) is 1. The summed E-state index contributed by atoms with van der Waals surface area (Å²) in [5.41, 5.74) is 2.53. The maximum Gasteiger partial charge on any atom is 0.335 e. The third-order valence-electron chi connectivity index (χ3n) is 2.81. The summed E-state index contributed by atoms with van der Waals surface area (Å²) in [6.45, 7) is 5.49. The van der Waals surface area contributed by atoms with Crippen LogP contribution in [0.25, 0.3) is 0 Å². The van der Waals surface area contributed by atoms with E-state index in [-0.39, 0.29) is 11.4 Å². The van der Waals surface area contributed by atoms with Crippen molar-refractivity contribution in [1.82, 2.24) is 4.98 Å². The van der Waals surface area contributed by atoms with E-state index in [0.29, 0.717) is 16.5 Å². The van der Waals surface area contributed by atoms with E-state index in [9.17, 15) is 4.79 Å². The summed E-state index contributed by atoms with van der Waals surface area (Å²) in [6, 6.07) is 6.47. The number of hydrogen-bond acceptors (Lipinski definition) is 3. The highest BCUT2D eigenvalue weighted by molar-refractivity contribution is 6.32. The van der Waals surface area contributed by atoms with Crippen LogP contribution in [-0.2, 0) is 0 Å². The fourth-order valence-corrected chi connectivity index (χ4v) is 2.01. The summed E-state index contributed by atoms with van der Waals surface area (Å²) in [4.78, 5) is 15.2. The molecule has 5 heteroatoms. The van der Waals surface area contributed by atoms with Gasteiger partial charge in [0.05, 0.1) is 5.56 Å². The van der Waals surface area contributed by atoms with Gasteiger partial charge in [0, 0.05) is 16.8 Å². The molecule has 0 unspecified atom stereocenters. The highest BCUT2D eigenvalue weighted by Crippen LogP contribution is 2.28. The molecule has 0 bridgehead atoms. The predicted octanol–water partition coefficient (Wildman–Crippen LogP) is 4.15. The van der Waals surface area contributed by atoms with Crippen LogP contribution >= 0.6 is 11.6 Å². The molecule has 1 aromatic heterocycles. The van der Waals surface area contributed by atoms with Crippen molar-refractivity contribution in [2.24, 2.45) is 0 Å². The minimum atomic E-state index is -1.01. The fourth-order valence-electron chi connectivity index (χ4n) is 1.90. The van der Waals surface area contributed by atoms with Crippen LogP contribution in [0.4, 0.5) is 0 Å². The molecule has 2 rings (SSSR count). The third kappa shape index (κ3) is 3.08. The Hall–Kier alpha value is -2.07. The average molecular weight is 292 g/mol. The predicted molar refractivity (Wildman–Crippen MR) is 76.9 cm³/mol. The minimum Gasteiger partial charge on any atom is -0.478 e. The summed E-state index contributed by atoms with van der Waals surface area (Å²) in [5, 5.41) is 9.72. The summed E-state index contributed by atoms with van der Waals surface area (Å²) >= 11 is 6.10. The molecule has 0 aliphatic rings. The molecule has 2 aromatic rings. The molecule has 4 nitrogen and oxygen atoms in total. The molecule has 0 aliphatic carbocycles. The Balaban J connectivity index is 2.37. The van der Waals surface area contributed by atoms with Crippen molar-refractivity contribution in [3.05, 3.63) is 51.7 Å². The molecule has 0 fully saturated rings. The van der Waals surface area contributed by atoms with Crippen LogP contribution in [0.15, 0.2) is 24.3 Å². The van der Waals surface area contributed by atoms with Gasteiger partial charge in [-0.15, -0.1) is 0 Å². The summed E-state index contributed by atoms with van der Waals surface area (Å²) in [5.74, 6) is -0.175. The molecule has 1 aromatic carbocycles. The molecule has 20 heavy (non-hydrogen) atoms. The lowest BCUT2D eigenvalue weighted by Gasteiger charge is -2.10. The van der Waals surface area contributed by atoms with Crippen molar-refractivity contribution in [3.63, 3.8) is 0 Å². The zero-order valence-corrected chi connectivity index (χ0v) is 12.2. The maximum atomic E-state index is 11.0. The SMILES string of the molecule is Cc1cc(C(=O)O)cc(Oc2cc(C)c(Cl)c(C)c2)n1. The molecule has 0 spiro atoms. The highest BCUT2D eigenvalue weighted by Gasteiger charge is 2.10. The number of aromatic carboxylic acids is 1. The Bertz CT molecular complexity index is 660. The second-order valence-electron chi connectivity index (χ2n) is 4.61. The van der Waals surface area contributed by atoms with E-state index < -0.39 is 5.97 Å². The standard InChI is InChI=1S/C15H14ClNO3/c1-8-4-12(5-9(2)14(8)16)20-13-7-11(15(18)19)6-10(3)17-13/h4-7H,1-3H3,(H,18,19). The lowest BCUT2D eigenvalue weighted by molar-refractivity contribution is 0.0696. The van der Waals surface area contributed by atoms with Gasteiger partial charge in [0.2, 0.25) is 5.88 Å². The van der Waals surface area contributed by atoms with Crippen LogP contribution in [0.3, 0.4) is 0 Å². The second-order valence-corrected chi connectivity index (χ2v) is 4.99. The molecule has 0 saturated heterocycles. The van der Waals surface area contributed by atoms with Crippen molar-refractivity contribution in [2.75, 3.05) is 0 Å². The monoisotopic (exact) mass is 291 g/mol. The Morgan fingerprint density at radius 2 is 1.75 bits per heavy atom. The lowest BCUT2D eigenvalue weighted by Crippen LogP contribution is -2.00. The molecule has 1 heterocycles. The minimum absolute atomic E-state index is 0.148. The van der Waals surface area contributed by atoms with Crippen molar-refractivity contribution in [2.45, 2.75) is 20.8 Å². The number of pyridine rings is 1. The molecule has 1 N–H and O–H groups in total. The quantitative estimate of drug-likeness (QED) is 0.923. The van der Waals surface area contributed by atoms with Crippen molar-refractivity contribution in [3.8, 4) is 11.6 Å². The number of carboxylic acid groups (broad SMARTS) is 1. The van der Waals surface area contributed by atoms with Crippen molar-refractivity contribution < 1.29 is 14.6 Å². The molecular formula is C15H14ClNO3. The zero-order valence-electron chi connectivity index (χ0n) is 11.4. The summed E-state index contributed by atoms with van der Waals surface area (Å²) < 4.78 is 5.63. The van der Waals surface area contributed by atoms with Gasteiger partial charge in [0.25, 0.3) is 0 Å². The Kier molecular flexibility index (Phi) is 3.95. The van der Waals surface area contributed by atoms with Crippen LogP contribution in [0.2, 0.25) is 5.02 Å². The fraction of sp³-hybridized carbons (Fsp3) is 0.200. The van der Waals surface area contributed by atoms with E-state index in [4.69, 9.17) is 21.4 Å². The molecule has 0 atom stereocenters. The molecule has 0 saturated carbocycles. The van der Waals surface area contributed by atoms with Crippen LogP contribution in [0, 0.1) is 20.8 Å². The molecule has 0 radical (unpaired) electrons.